The highest BCUT2D eigenvalue weighted by Crippen LogP contribution is 2.19. The van der Waals surface area contributed by atoms with Crippen LogP contribution in [0, 0.1) is 10.1 Å². The first-order valence-electron chi connectivity index (χ1n) is 8.97. The second kappa shape index (κ2) is 9.28. The van der Waals surface area contributed by atoms with E-state index in [1.54, 1.807) is 6.07 Å². The van der Waals surface area contributed by atoms with Gasteiger partial charge in [0.1, 0.15) is 6.10 Å². The lowest BCUT2D eigenvalue weighted by Crippen LogP contribution is -2.41. The third-order valence-corrected chi connectivity index (χ3v) is 4.17. The van der Waals surface area contributed by atoms with Gasteiger partial charge in [-0.1, -0.05) is 36.4 Å². The Morgan fingerprint density at radius 1 is 0.967 bits per heavy atom. The van der Waals surface area contributed by atoms with Crippen LogP contribution in [0.2, 0.25) is 0 Å². The Hall–Kier alpha value is -4.27. The van der Waals surface area contributed by atoms with Crippen LogP contribution in [0.5, 0.6) is 5.88 Å². The summed E-state index contributed by atoms with van der Waals surface area (Å²) in [5, 5.41) is 10.8. The van der Waals surface area contributed by atoms with Crippen LogP contribution in [0.4, 0.5) is 5.69 Å². The zero-order valence-electron chi connectivity index (χ0n) is 15.9. The van der Waals surface area contributed by atoms with Gasteiger partial charge in [0.25, 0.3) is 17.5 Å². The second-order valence-electron chi connectivity index (χ2n) is 6.27. The molecule has 1 aromatic heterocycles. The van der Waals surface area contributed by atoms with Crippen molar-refractivity contribution in [2.24, 2.45) is 0 Å². The number of nitro benzene ring substituents is 1. The zero-order chi connectivity index (χ0) is 21.5. The largest absolute Gasteiger partial charge is 0.470 e. The fraction of sp³-hybridized carbons (Fsp3) is 0.0952. The molecule has 2 aromatic carbocycles. The Labute approximate surface area is 171 Å². The number of aromatic nitrogens is 1. The molecule has 0 radical (unpaired) electrons. The summed E-state index contributed by atoms with van der Waals surface area (Å²) in [5.74, 6) is -0.927. The number of hydrogen-bond acceptors (Lipinski definition) is 6. The van der Waals surface area contributed by atoms with Crippen molar-refractivity contribution in [2.75, 3.05) is 0 Å². The van der Waals surface area contributed by atoms with Crippen LogP contribution in [0.1, 0.15) is 39.3 Å². The Bertz CT molecular complexity index is 1050. The van der Waals surface area contributed by atoms with Crippen molar-refractivity contribution in [3.8, 4) is 5.88 Å². The molecule has 2 amide bonds. The number of amides is 2. The third-order valence-electron chi connectivity index (χ3n) is 4.17. The number of non-ortho nitro benzene ring substituents is 1. The van der Waals surface area contributed by atoms with Gasteiger partial charge in [-0.05, 0) is 24.6 Å². The molecule has 0 saturated carbocycles. The van der Waals surface area contributed by atoms with E-state index in [-0.39, 0.29) is 22.9 Å². The van der Waals surface area contributed by atoms with Crippen LogP contribution in [-0.2, 0) is 0 Å². The number of hydrogen-bond donors (Lipinski definition) is 2. The molecule has 9 heteroatoms. The average Bonchev–Trinajstić information content (AvgIpc) is 2.78. The van der Waals surface area contributed by atoms with Crippen LogP contribution < -0.4 is 15.6 Å². The Morgan fingerprint density at radius 2 is 1.67 bits per heavy atom. The summed E-state index contributed by atoms with van der Waals surface area (Å²) in [6.07, 6.45) is 1.11. The molecule has 0 fully saturated rings. The van der Waals surface area contributed by atoms with Crippen molar-refractivity contribution in [3.05, 3.63) is 99.7 Å². The summed E-state index contributed by atoms with van der Waals surface area (Å²) < 4.78 is 5.75. The minimum atomic E-state index is -0.684. The Balaban J connectivity index is 1.56. The van der Waals surface area contributed by atoms with Gasteiger partial charge < -0.3 is 4.74 Å². The van der Waals surface area contributed by atoms with E-state index in [1.165, 1.54) is 30.5 Å². The maximum absolute atomic E-state index is 12.2. The summed E-state index contributed by atoms with van der Waals surface area (Å²) in [6, 6.07) is 17.9. The summed E-state index contributed by atoms with van der Waals surface area (Å²) in [5.41, 5.74) is 5.47. The highest BCUT2D eigenvalue weighted by Gasteiger charge is 2.14. The molecule has 1 heterocycles. The molecule has 9 nitrogen and oxygen atoms in total. The first-order chi connectivity index (χ1) is 14.4. The summed E-state index contributed by atoms with van der Waals surface area (Å²) in [7, 11) is 0. The molecule has 1 atom stereocenters. The van der Waals surface area contributed by atoms with Crippen LogP contribution >= 0.6 is 0 Å². The van der Waals surface area contributed by atoms with Gasteiger partial charge in [0, 0.05) is 30.0 Å². The maximum Gasteiger partial charge on any atom is 0.271 e. The number of nitro groups is 1. The predicted octanol–water partition coefficient (Wildman–Crippen LogP) is 3.20. The monoisotopic (exact) mass is 406 g/mol. The molecule has 0 aliphatic carbocycles. The first-order valence-corrected chi connectivity index (χ1v) is 8.97. The third kappa shape index (κ3) is 5.16. The summed E-state index contributed by atoms with van der Waals surface area (Å²) >= 11 is 0. The first kappa shape index (κ1) is 20.5. The molecule has 0 aliphatic heterocycles. The van der Waals surface area contributed by atoms with E-state index >= 15 is 0 Å². The highest BCUT2D eigenvalue weighted by atomic mass is 16.6. The van der Waals surface area contributed by atoms with Crippen LogP contribution in [0.15, 0.2) is 72.9 Å². The molecule has 0 aliphatic rings. The molecule has 152 valence electrons. The fourth-order valence-electron chi connectivity index (χ4n) is 2.58. The van der Waals surface area contributed by atoms with Gasteiger partial charge in [-0.2, -0.15) is 0 Å². The molecular formula is C21H18N4O5. The number of nitrogens with one attached hydrogen (secondary N) is 2. The Kier molecular flexibility index (Phi) is 6.33. The minimum Gasteiger partial charge on any atom is -0.470 e. The number of benzene rings is 2. The highest BCUT2D eigenvalue weighted by molar-refractivity contribution is 5.99. The van der Waals surface area contributed by atoms with E-state index in [0.29, 0.717) is 5.88 Å². The minimum absolute atomic E-state index is 0.0428. The SMILES string of the molecule is C[C@@H](Oc1ccc(C(=O)NNC(=O)c2cccc([N+](=O)[O-])c2)cn1)c1ccccc1. The molecule has 0 unspecified atom stereocenters. The quantitative estimate of drug-likeness (QED) is 0.479. The number of nitrogens with zero attached hydrogens (tertiary/aromatic N) is 2. The van der Waals surface area contributed by atoms with E-state index in [4.69, 9.17) is 4.74 Å². The molecular weight excluding hydrogens is 388 g/mol. The van der Waals surface area contributed by atoms with Crippen molar-refractivity contribution >= 4 is 17.5 Å². The van der Waals surface area contributed by atoms with E-state index in [9.17, 15) is 19.7 Å². The summed E-state index contributed by atoms with van der Waals surface area (Å²) in [6.45, 7) is 1.89. The lowest BCUT2D eigenvalue weighted by molar-refractivity contribution is -0.384. The van der Waals surface area contributed by atoms with Crippen molar-refractivity contribution in [3.63, 3.8) is 0 Å². The van der Waals surface area contributed by atoms with Crippen molar-refractivity contribution < 1.29 is 19.2 Å². The smallest absolute Gasteiger partial charge is 0.271 e. The standard InChI is InChI=1S/C21H18N4O5/c1-14(15-6-3-2-4-7-15)30-19-11-10-17(13-22-19)21(27)24-23-20(26)16-8-5-9-18(12-16)25(28)29/h2-14H,1H3,(H,23,26)(H,24,27)/t14-/m1/s1. The van der Waals surface area contributed by atoms with E-state index in [0.717, 1.165) is 11.6 Å². The summed E-state index contributed by atoms with van der Waals surface area (Å²) in [4.78, 5) is 38.6. The van der Waals surface area contributed by atoms with Crippen LogP contribution in [-0.4, -0.2) is 21.7 Å². The molecule has 3 rings (SSSR count). The van der Waals surface area contributed by atoms with Crippen molar-refractivity contribution in [1.29, 1.82) is 0 Å². The van der Waals surface area contributed by atoms with Gasteiger partial charge in [-0.3, -0.25) is 30.6 Å². The Morgan fingerprint density at radius 3 is 2.30 bits per heavy atom. The molecule has 2 N–H and O–H groups in total. The molecule has 0 bridgehead atoms. The molecule has 0 saturated heterocycles. The van der Waals surface area contributed by atoms with Gasteiger partial charge in [-0.15, -0.1) is 0 Å². The van der Waals surface area contributed by atoms with Crippen LogP contribution in [0.25, 0.3) is 0 Å². The van der Waals surface area contributed by atoms with Gasteiger partial charge >= 0.3 is 0 Å². The lowest BCUT2D eigenvalue weighted by atomic mass is 10.1. The second-order valence-corrected chi connectivity index (χ2v) is 6.27. The molecule has 30 heavy (non-hydrogen) atoms. The predicted molar refractivity (Wildman–Crippen MR) is 108 cm³/mol. The van der Waals surface area contributed by atoms with Crippen molar-refractivity contribution in [1.82, 2.24) is 15.8 Å². The van der Waals surface area contributed by atoms with E-state index in [1.807, 2.05) is 37.3 Å². The zero-order valence-corrected chi connectivity index (χ0v) is 15.9. The van der Waals surface area contributed by atoms with Gasteiger partial charge in [0.2, 0.25) is 5.88 Å². The fourth-order valence-corrected chi connectivity index (χ4v) is 2.58. The maximum atomic E-state index is 12.2. The van der Waals surface area contributed by atoms with Gasteiger partial charge in [0.05, 0.1) is 10.5 Å². The number of carbonyl (C=O) groups is 2. The topological polar surface area (TPSA) is 123 Å². The van der Waals surface area contributed by atoms with E-state index in [2.05, 4.69) is 15.8 Å². The normalized spacial score (nSPS) is 11.2. The van der Waals surface area contributed by atoms with Gasteiger partial charge in [0.15, 0.2) is 0 Å². The van der Waals surface area contributed by atoms with Crippen molar-refractivity contribution in [2.45, 2.75) is 13.0 Å². The van der Waals surface area contributed by atoms with Gasteiger partial charge in [-0.25, -0.2) is 4.98 Å². The molecule has 0 spiro atoms. The number of pyridine rings is 1. The number of carbonyl (C=O) groups excluding carboxylic acids is 2. The lowest BCUT2D eigenvalue weighted by Gasteiger charge is -2.14. The van der Waals surface area contributed by atoms with E-state index < -0.39 is 16.7 Å². The molecule has 3 aromatic rings. The average molecular weight is 406 g/mol. The number of rotatable bonds is 6. The van der Waals surface area contributed by atoms with Crippen LogP contribution in [0.3, 0.4) is 0 Å². The number of hydrazine groups is 1. The number of ether oxygens (including phenoxy) is 1.